The number of amides is 2. The van der Waals surface area contributed by atoms with E-state index in [2.05, 4.69) is 17.6 Å². The number of carboxylic acid groups (broad SMARTS) is 1. The maximum atomic E-state index is 12.9. The van der Waals surface area contributed by atoms with Crippen molar-refractivity contribution in [2.75, 3.05) is 11.9 Å². The topological polar surface area (TPSA) is 148 Å². The average Bonchev–Trinajstić information content (AvgIpc) is 3.11. The van der Waals surface area contributed by atoms with Crippen LogP contribution in [0.2, 0.25) is 0 Å². The van der Waals surface area contributed by atoms with Crippen molar-refractivity contribution in [3.63, 3.8) is 0 Å². The second kappa shape index (κ2) is 18.7. The predicted octanol–water partition coefficient (Wildman–Crippen LogP) is 7.06. The zero-order valence-electron chi connectivity index (χ0n) is 28.3. The molecule has 0 aliphatic heterocycles. The Kier molecular flexibility index (Phi) is 13.8. The smallest absolute Gasteiger partial charge is 0.343 e. The van der Waals surface area contributed by atoms with E-state index in [1.54, 1.807) is 84.9 Å². The Hall–Kier alpha value is -5.77. The summed E-state index contributed by atoms with van der Waals surface area (Å²) >= 11 is 0. The Labute approximate surface area is 291 Å². The lowest BCUT2D eigenvalue weighted by Gasteiger charge is -2.15. The first-order valence-corrected chi connectivity index (χ1v) is 16.7. The number of aliphatic carboxylic acids is 1. The van der Waals surface area contributed by atoms with Gasteiger partial charge in [0.2, 0.25) is 5.91 Å². The lowest BCUT2D eigenvalue weighted by molar-refractivity contribution is -0.139. The average molecular weight is 679 g/mol. The van der Waals surface area contributed by atoms with Crippen LogP contribution in [0.15, 0.2) is 97.1 Å². The highest BCUT2D eigenvalue weighted by atomic mass is 16.5. The third-order valence-corrected chi connectivity index (χ3v) is 7.94. The number of ether oxygens (including phenoxy) is 2. The Bertz CT molecular complexity index is 1750. The quantitative estimate of drug-likeness (QED) is 0.0438. The third-order valence-electron chi connectivity index (χ3n) is 7.94. The zero-order valence-corrected chi connectivity index (χ0v) is 28.3. The van der Waals surface area contributed by atoms with Gasteiger partial charge in [-0.15, -0.1) is 0 Å². The van der Waals surface area contributed by atoms with Gasteiger partial charge in [0.25, 0.3) is 5.91 Å². The summed E-state index contributed by atoms with van der Waals surface area (Å²) in [6, 6.07) is 24.8. The highest BCUT2D eigenvalue weighted by Crippen LogP contribution is 2.19. The number of benzene rings is 4. The fraction of sp³-hybridized carbons (Fsp3) is 0.275. The van der Waals surface area contributed by atoms with Crippen LogP contribution in [0.25, 0.3) is 0 Å². The number of rotatable bonds is 18. The first-order valence-electron chi connectivity index (χ1n) is 16.7. The molecule has 0 bridgehead atoms. The van der Waals surface area contributed by atoms with Crippen molar-refractivity contribution in [1.29, 1.82) is 0 Å². The molecule has 10 heteroatoms. The molecule has 0 aliphatic carbocycles. The van der Waals surface area contributed by atoms with E-state index in [4.69, 9.17) is 9.47 Å². The zero-order chi connectivity index (χ0) is 35.9. The van der Waals surface area contributed by atoms with Crippen LogP contribution in [0, 0.1) is 0 Å². The number of carbonyl (C=O) groups is 5. The number of anilines is 1. The maximum absolute atomic E-state index is 12.9. The molecule has 10 nitrogen and oxygen atoms in total. The van der Waals surface area contributed by atoms with Gasteiger partial charge >= 0.3 is 11.9 Å². The summed E-state index contributed by atoms with van der Waals surface area (Å²) in [5.74, 6) is -1.68. The van der Waals surface area contributed by atoms with Gasteiger partial charge in [-0.1, -0.05) is 69.0 Å². The predicted molar refractivity (Wildman–Crippen MR) is 190 cm³/mol. The molecule has 0 fully saturated rings. The molecule has 0 unspecified atom stereocenters. The monoisotopic (exact) mass is 678 g/mol. The summed E-state index contributed by atoms with van der Waals surface area (Å²) in [5, 5.41) is 15.1. The van der Waals surface area contributed by atoms with Crippen LogP contribution in [-0.2, 0) is 22.4 Å². The summed E-state index contributed by atoms with van der Waals surface area (Å²) in [6.45, 7) is 4.28. The van der Waals surface area contributed by atoms with Crippen LogP contribution in [0.1, 0.15) is 88.2 Å². The van der Waals surface area contributed by atoms with Crippen LogP contribution >= 0.6 is 0 Å². The van der Waals surface area contributed by atoms with Crippen molar-refractivity contribution in [1.82, 2.24) is 5.32 Å². The first-order chi connectivity index (χ1) is 24.1. The van der Waals surface area contributed by atoms with Gasteiger partial charge in [-0.3, -0.25) is 14.4 Å². The molecule has 4 rings (SSSR count). The molecule has 0 spiro atoms. The minimum atomic E-state index is -1.22. The number of esters is 1. The molecule has 50 heavy (non-hydrogen) atoms. The number of hydrogen-bond acceptors (Lipinski definition) is 7. The Morgan fingerprint density at radius 3 is 1.88 bits per heavy atom. The molecule has 260 valence electrons. The number of Topliss-reactive ketones (excluding diaryl/α,β-unsaturated/α-hetero) is 1. The Morgan fingerprint density at radius 2 is 1.26 bits per heavy atom. The molecule has 4 aromatic carbocycles. The normalized spacial score (nSPS) is 11.2. The highest BCUT2D eigenvalue weighted by Gasteiger charge is 2.21. The SMILES string of the molecule is CCCCCCCOc1ccc(C(=O)Oc2ccc(C[C@H](NC(=O)c3ccc(NC(=O)Cc4ccc(C(C)=O)cc4)cc3)C(=O)O)cc2)cc1. The first kappa shape index (κ1) is 37.1. The molecule has 0 radical (unpaired) electrons. The number of carboxylic acids is 1. The van der Waals surface area contributed by atoms with E-state index in [9.17, 15) is 29.1 Å². The summed E-state index contributed by atoms with van der Waals surface area (Å²) in [7, 11) is 0. The van der Waals surface area contributed by atoms with Crippen molar-refractivity contribution >= 4 is 35.2 Å². The molecule has 0 saturated heterocycles. The van der Waals surface area contributed by atoms with Gasteiger partial charge in [-0.05, 0) is 85.1 Å². The second-order valence-electron chi connectivity index (χ2n) is 11.9. The Balaban J connectivity index is 1.24. The largest absolute Gasteiger partial charge is 0.494 e. The minimum absolute atomic E-state index is 0.00307. The van der Waals surface area contributed by atoms with Crippen LogP contribution in [0.4, 0.5) is 5.69 Å². The van der Waals surface area contributed by atoms with Crippen molar-refractivity contribution in [3.05, 3.63) is 125 Å². The van der Waals surface area contributed by atoms with E-state index >= 15 is 0 Å². The van der Waals surface area contributed by atoms with Crippen LogP contribution < -0.4 is 20.1 Å². The van der Waals surface area contributed by atoms with Gasteiger partial charge in [0.05, 0.1) is 18.6 Å². The van der Waals surface area contributed by atoms with Crippen molar-refractivity contribution in [2.24, 2.45) is 0 Å². The third kappa shape index (κ3) is 11.7. The van der Waals surface area contributed by atoms with Gasteiger partial charge in [-0.25, -0.2) is 9.59 Å². The molecule has 3 N–H and O–H groups in total. The van der Waals surface area contributed by atoms with E-state index in [1.165, 1.54) is 38.3 Å². The van der Waals surface area contributed by atoms with E-state index < -0.39 is 23.9 Å². The Morgan fingerprint density at radius 1 is 0.680 bits per heavy atom. The standard InChI is InChI=1S/C40H42N2O8/c1-3-4-5-6-7-24-49-34-22-16-32(17-23-34)40(48)50-35-20-10-28(11-21-35)25-36(39(46)47)42-38(45)31-14-18-33(19-15-31)41-37(44)26-29-8-12-30(13-9-29)27(2)43/h8-23,36H,3-7,24-26H2,1-2H3,(H,41,44)(H,42,45)(H,46,47)/t36-/m0/s1. The summed E-state index contributed by atoms with van der Waals surface area (Å²) in [4.78, 5) is 61.4. The molecule has 0 aliphatic rings. The van der Waals surface area contributed by atoms with Gasteiger partial charge in [0.15, 0.2) is 5.78 Å². The summed E-state index contributed by atoms with van der Waals surface area (Å²) < 4.78 is 11.2. The van der Waals surface area contributed by atoms with Crippen LogP contribution in [0.5, 0.6) is 11.5 Å². The fourth-order valence-electron chi connectivity index (χ4n) is 5.07. The second-order valence-corrected chi connectivity index (χ2v) is 11.9. The van der Waals surface area contributed by atoms with E-state index in [0.717, 1.165) is 18.4 Å². The lowest BCUT2D eigenvalue weighted by atomic mass is 10.0. The summed E-state index contributed by atoms with van der Waals surface area (Å²) in [5.41, 5.74) is 2.98. The molecule has 1 atom stereocenters. The van der Waals surface area contributed by atoms with Gasteiger partial charge in [0.1, 0.15) is 17.5 Å². The van der Waals surface area contributed by atoms with E-state index in [0.29, 0.717) is 40.5 Å². The fourth-order valence-corrected chi connectivity index (χ4v) is 5.07. The van der Waals surface area contributed by atoms with Crippen LogP contribution in [0.3, 0.4) is 0 Å². The molecular formula is C40H42N2O8. The molecule has 0 aromatic heterocycles. The van der Waals surface area contributed by atoms with Crippen molar-refractivity contribution in [2.45, 2.75) is 64.8 Å². The number of unbranched alkanes of at least 4 members (excludes halogenated alkanes) is 4. The van der Waals surface area contributed by atoms with Gasteiger partial charge < -0.3 is 25.2 Å². The number of nitrogens with one attached hydrogen (secondary N) is 2. The van der Waals surface area contributed by atoms with E-state index in [1.807, 2.05) is 0 Å². The number of carbonyl (C=O) groups excluding carboxylic acids is 4. The van der Waals surface area contributed by atoms with Gasteiger partial charge in [0, 0.05) is 23.2 Å². The molecular weight excluding hydrogens is 636 g/mol. The van der Waals surface area contributed by atoms with E-state index in [-0.39, 0.29) is 30.1 Å². The molecule has 0 saturated carbocycles. The molecule has 2 amide bonds. The minimum Gasteiger partial charge on any atom is -0.494 e. The van der Waals surface area contributed by atoms with Gasteiger partial charge in [-0.2, -0.15) is 0 Å². The maximum Gasteiger partial charge on any atom is 0.343 e. The highest BCUT2D eigenvalue weighted by molar-refractivity contribution is 5.98. The number of ketones is 1. The number of hydrogen-bond donors (Lipinski definition) is 3. The van der Waals surface area contributed by atoms with Crippen LogP contribution in [-0.4, -0.2) is 47.3 Å². The molecule has 0 heterocycles. The van der Waals surface area contributed by atoms with Crippen molar-refractivity contribution in [3.8, 4) is 11.5 Å². The summed E-state index contributed by atoms with van der Waals surface area (Å²) in [6.07, 6.45) is 5.84. The van der Waals surface area contributed by atoms with Crippen molar-refractivity contribution < 1.29 is 38.6 Å². The lowest BCUT2D eigenvalue weighted by Crippen LogP contribution is -2.42. The molecule has 4 aromatic rings.